The SMILES string of the molecule is CCCCCCCC(=O)O[C@H]1/C(=C/C(=O)OC)C[C@H]2C[C@H](CO)OC(=O)C[C@H](O)CCO[C@H](C(C)(C)COC(=O)OCc3c(Cl)cc(Cl)cc3Cl)C[C@@H]3CCO[C@H](/C=C/C(C)(C)[C@]1(O)O2)O3. The first kappa shape index (κ1) is 55.6. The maximum Gasteiger partial charge on any atom is 0.508 e. The van der Waals surface area contributed by atoms with Crippen molar-refractivity contribution in [3.05, 3.63) is 56.6 Å². The summed E-state index contributed by atoms with van der Waals surface area (Å²) >= 11 is 18.5. The summed E-state index contributed by atoms with van der Waals surface area (Å²) in [5, 5.41) is 34.8. The minimum atomic E-state index is -2.35. The Kier molecular flexibility index (Phi) is 22.0. The van der Waals surface area contributed by atoms with Gasteiger partial charge in [-0.05, 0) is 49.5 Å². The Morgan fingerprint density at radius 3 is 2.33 bits per heavy atom. The van der Waals surface area contributed by atoms with Crippen molar-refractivity contribution in [1.82, 2.24) is 0 Å². The molecule has 3 aliphatic heterocycles. The number of aliphatic hydroxyl groups is 3. The molecule has 19 heteroatoms. The summed E-state index contributed by atoms with van der Waals surface area (Å²) in [5.41, 5.74) is -1.73. The third-order valence-electron chi connectivity index (χ3n) is 11.9. The smallest absolute Gasteiger partial charge is 0.466 e. The number of fused-ring (bicyclic) bond motifs is 4. The normalized spacial score (nSPS) is 28.9. The van der Waals surface area contributed by atoms with Gasteiger partial charge in [-0.2, -0.15) is 0 Å². The number of aliphatic hydroxyl groups excluding tert-OH is 2. The van der Waals surface area contributed by atoms with Crippen LogP contribution >= 0.6 is 34.8 Å². The molecule has 3 heterocycles. The van der Waals surface area contributed by atoms with Crippen LogP contribution in [0.3, 0.4) is 0 Å². The molecule has 2 fully saturated rings. The van der Waals surface area contributed by atoms with Crippen LogP contribution in [0.25, 0.3) is 0 Å². The van der Waals surface area contributed by atoms with E-state index in [1.54, 1.807) is 26.0 Å². The van der Waals surface area contributed by atoms with E-state index in [1.165, 1.54) is 19.2 Å². The molecule has 0 unspecified atom stereocenters. The van der Waals surface area contributed by atoms with E-state index < -0.39 is 96.6 Å². The highest BCUT2D eigenvalue weighted by Crippen LogP contribution is 2.47. The van der Waals surface area contributed by atoms with Crippen LogP contribution in [0.15, 0.2) is 35.9 Å². The number of unbranched alkanes of at least 4 members (excludes halogenated alkanes) is 4. The van der Waals surface area contributed by atoms with Gasteiger partial charge in [0.05, 0.1) is 61.2 Å². The first-order valence-electron chi connectivity index (χ1n) is 22.6. The molecule has 0 amide bonds. The van der Waals surface area contributed by atoms with Crippen molar-refractivity contribution >= 4 is 58.9 Å². The molecular formula is C47H67Cl3O16. The lowest BCUT2D eigenvalue weighted by Gasteiger charge is -2.51. The average Bonchev–Trinajstić information content (AvgIpc) is 3.24. The van der Waals surface area contributed by atoms with Crippen LogP contribution in [0.2, 0.25) is 15.1 Å². The minimum absolute atomic E-state index is 0.000869. The molecule has 0 aliphatic carbocycles. The van der Waals surface area contributed by atoms with Crippen molar-refractivity contribution in [2.45, 2.75) is 167 Å². The Morgan fingerprint density at radius 1 is 0.955 bits per heavy atom. The van der Waals surface area contributed by atoms with Crippen molar-refractivity contribution in [1.29, 1.82) is 0 Å². The van der Waals surface area contributed by atoms with Crippen molar-refractivity contribution < 1.29 is 77.1 Å². The summed E-state index contributed by atoms with van der Waals surface area (Å²) in [7, 11) is 1.19. The molecule has 0 spiro atoms. The van der Waals surface area contributed by atoms with Gasteiger partial charge in [0.15, 0.2) is 12.4 Å². The molecule has 3 N–H and O–H groups in total. The highest BCUT2D eigenvalue weighted by molar-refractivity contribution is 6.39. The number of ether oxygens (including phenoxy) is 9. The summed E-state index contributed by atoms with van der Waals surface area (Å²) < 4.78 is 52.6. The number of hydrogen-bond donors (Lipinski definition) is 3. The van der Waals surface area contributed by atoms with Gasteiger partial charge in [-0.25, -0.2) is 9.59 Å². The number of benzene rings is 1. The van der Waals surface area contributed by atoms with E-state index in [1.807, 2.05) is 13.8 Å². The second kappa shape index (κ2) is 26.1. The molecule has 1 aromatic carbocycles. The van der Waals surface area contributed by atoms with Crippen molar-refractivity contribution in [2.75, 3.05) is 33.5 Å². The minimum Gasteiger partial charge on any atom is -0.466 e. The van der Waals surface area contributed by atoms with Gasteiger partial charge in [0.2, 0.25) is 5.79 Å². The summed E-state index contributed by atoms with van der Waals surface area (Å²) in [6.45, 7) is 8.27. The number of rotatable bonds is 14. The molecule has 3 aliphatic rings. The van der Waals surface area contributed by atoms with Crippen LogP contribution in [-0.2, 0) is 63.6 Å². The average molecular weight is 994 g/mol. The van der Waals surface area contributed by atoms with Gasteiger partial charge in [-0.3, -0.25) is 9.59 Å². The van der Waals surface area contributed by atoms with Gasteiger partial charge >= 0.3 is 24.1 Å². The van der Waals surface area contributed by atoms with Crippen LogP contribution in [0.1, 0.15) is 117 Å². The van der Waals surface area contributed by atoms with Crippen LogP contribution < -0.4 is 0 Å². The monoisotopic (exact) mass is 992 g/mol. The highest BCUT2D eigenvalue weighted by Gasteiger charge is 2.57. The van der Waals surface area contributed by atoms with Crippen LogP contribution in [0, 0.1) is 10.8 Å². The predicted octanol–water partition coefficient (Wildman–Crippen LogP) is 8.11. The molecule has 1 aromatic rings. The number of esters is 3. The Labute approximate surface area is 402 Å². The number of carbonyl (C=O) groups excluding carboxylic acids is 4. The van der Waals surface area contributed by atoms with E-state index in [0.717, 1.165) is 31.8 Å². The molecule has 8 atom stereocenters. The highest BCUT2D eigenvalue weighted by atomic mass is 35.5. The molecule has 4 bridgehead atoms. The topological polar surface area (TPSA) is 212 Å². The van der Waals surface area contributed by atoms with Gasteiger partial charge in [0.25, 0.3) is 0 Å². The van der Waals surface area contributed by atoms with Gasteiger partial charge in [0.1, 0.15) is 19.3 Å². The summed E-state index contributed by atoms with van der Waals surface area (Å²) in [6, 6.07) is 2.95. The maximum atomic E-state index is 13.4. The number of carbonyl (C=O) groups is 4. The van der Waals surface area contributed by atoms with E-state index >= 15 is 0 Å². The fraction of sp³-hybridized carbons (Fsp3) is 0.702. The van der Waals surface area contributed by atoms with E-state index in [-0.39, 0.29) is 74.2 Å². The summed E-state index contributed by atoms with van der Waals surface area (Å²) in [4.78, 5) is 52.2. The fourth-order valence-corrected chi connectivity index (χ4v) is 8.82. The molecule has 2 saturated heterocycles. The zero-order valence-electron chi connectivity index (χ0n) is 38.7. The Hall–Kier alpha value is -3.03. The van der Waals surface area contributed by atoms with Gasteiger partial charge in [-0.1, -0.05) is 101 Å². The predicted molar refractivity (Wildman–Crippen MR) is 243 cm³/mol. The third kappa shape index (κ3) is 16.6. The molecule has 66 heavy (non-hydrogen) atoms. The van der Waals surface area contributed by atoms with Crippen molar-refractivity contribution in [3.63, 3.8) is 0 Å². The number of halogens is 3. The van der Waals surface area contributed by atoms with Gasteiger partial charge < -0.3 is 58.0 Å². The molecule has 372 valence electrons. The number of hydrogen-bond acceptors (Lipinski definition) is 16. The summed E-state index contributed by atoms with van der Waals surface area (Å²) in [5.74, 6) is -4.53. The molecular weight excluding hydrogens is 927 g/mol. The van der Waals surface area contributed by atoms with E-state index in [4.69, 9.17) is 77.4 Å². The Balaban J connectivity index is 1.62. The second-order valence-corrected chi connectivity index (χ2v) is 19.5. The lowest BCUT2D eigenvalue weighted by molar-refractivity contribution is -0.327. The van der Waals surface area contributed by atoms with Crippen molar-refractivity contribution in [2.24, 2.45) is 10.8 Å². The number of methoxy groups -OCH3 is 1. The molecule has 16 nitrogen and oxygen atoms in total. The Morgan fingerprint density at radius 2 is 1.65 bits per heavy atom. The molecule has 0 radical (unpaired) electrons. The standard InChI is InChI=1S/C47H67Cl3O16/c1-7-8-9-10-11-12-39(53)65-43-29(20-40(54)58-6)19-33-24-34(26-51)63-41(55)23-31(52)14-17-59-38(25-32-15-18-60-42(64-32)13-16-46(4,5)47(43,57)66-33)45(2,3)28-62-44(56)61-27-35-36(49)21-30(48)22-37(35)50/h13,16,20-22,31-34,38,42-43,51-52,57H,7-12,14-15,17-19,23-28H2,1-6H3/b16-13+,29-20+/t31-,32+,33+,34-,38+,42+,43+,47-/m1/s1. The second-order valence-electron chi connectivity index (χ2n) is 18.2. The fourth-order valence-electron chi connectivity index (χ4n) is 7.89. The third-order valence-corrected chi connectivity index (χ3v) is 12.8. The van der Waals surface area contributed by atoms with Crippen LogP contribution in [0.5, 0.6) is 0 Å². The quantitative estimate of drug-likeness (QED) is 0.0528. The number of cyclic esters (lactones) is 1. The lowest BCUT2D eigenvalue weighted by Crippen LogP contribution is -2.62. The van der Waals surface area contributed by atoms with Gasteiger partial charge in [-0.15, -0.1) is 0 Å². The van der Waals surface area contributed by atoms with Gasteiger partial charge in [0, 0.05) is 53.4 Å². The zero-order valence-corrected chi connectivity index (χ0v) is 41.0. The van der Waals surface area contributed by atoms with Crippen molar-refractivity contribution in [3.8, 4) is 0 Å². The molecule has 0 aromatic heterocycles. The first-order valence-corrected chi connectivity index (χ1v) is 23.7. The molecule has 4 rings (SSSR count). The Bertz CT molecular complexity index is 1810. The van der Waals surface area contributed by atoms with E-state index in [2.05, 4.69) is 6.92 Å². The lowest BCUT2D eigenvalue weighted by atomic mass is 9.74. The van der Waals surface area contributed by atoms with E-state index in [0.29, 0.717) is 23.4 Å². The van der Waals surface area contributed by atoms with Crippen LogP contribution in [0.4, 0.5) is 4.79 Å². The first-order chi connectivity index (χ1) is 31.2. The summed E-state index contributed by atoms with van der Waals surface area (Å²) in [6.07, 6.45) is 1.09. The zero-order chi connectivity index (χ0) is 48.7. The van der Waals surface area contributed by atoms with Crippen LogP contribution in [-0.4, -0.2) is 122 Å². The largest absolute Gasteiger partial charge is 0.508 e. The molecule has 0 saturated carbocycles. The van der Waals surface area contributed by atoms with E-state index in [9.17, 15) is 34.5 Å². The maximum absolute atomic E-state index is 13.4.